The number of hydrogen-bond acceptors (Lipinski definition) is 1. The fraction of sp³-hybridized carbons (Fsp3) is 0.769. The van der Waals surface area contributed by atoms with E-state index in [4.69, 9.17) is 0 Å². The number of alkyl halides is 1. The smallest absolute Gasteiger partial charge is 0.147 e. The largest absolute Gasteiger partial charge is 0.298 e. The van der Waals surface area contributed by atoms with Gasteiger partial charge in [-0.1, -0.05) is 44.4 Å². The third kappa shape index (κ3) is 1.58. The second-order valence-electron chi connectivity index (χ2n) is 5.40. The van der Waals surface area contributed by atoms with Gasteiger partial charge in [0.05, 0.1) is 4.32 Å². The van der Waals surface area contributed by atoms with E-state index >= 15 is 0 Å². The average Bonchev–Trinajstić information content (AvgIpc) is 2.52. The zero-order chi connectivity index (χ0) is 12.0. The van der Waals surface area contributed by atoms with Gasteiger partial charge >= 0.3 is 0 Å². The molecule has 2 saturated carbocycles. The Morgan fingerprint density at radius 3 is 2.75 bits per heavy atom. The van der Waals surface area contributed by atoms with E-state index in [0.29, 0.717) is 11.7 Å². The van der Waals surface area contributed by atoms with Crippen LogP contribution in [0.25, 0.3) is 0 Å². The van der Waals surface area contributed by atoms with Gasteiger partial charge in [-0.15, -0.1) is 0 Å². The summed E-state index contributed by atoms with van der Waals surface area (Å²) >= 11 is 7.26. The molecule has 0 amide bonds. The van der Waals surface area contributed by atoms with E-state index in [1.165, 1.54) is 18.4 Å². The molecule has 0 bridgehead atoms. The lowest BCUT2D eigenvalue weighted by atomic mass is 9.63. The fourth-order valence-electron chi connectivity index (χ4n) is 3.73. The Balaban J connectivity index is 2.42. The number of carbonyl (C=O) groups excluding carboxylic acids is 1. The van der Waals surface area contributed by atoms with Gasteiger partial charge < -0.3 is 0 Å². The first kappa shape index (κ1) is 12.8. The van der Waals surface area contributed by atoms with Crippen LogP contribution in [0, 0.1) is 11.3 Å². The van der Waals surface area contributed by atoms with Crippen LogP contribution in [0.3, 0.4) is 0 Å². The Kier molecular flexibility index (Phi) is 3.39. The average molecular weight is 350 g/mol. The molecule has 0 radical (unpaired) electrons. The third-order valence-corrected chi connectivity index (χ3v) is 7.21. The zero-order valence-electron chi connectivity index (χ0n) is 9.85. The van der Waals surface area contributed by atoms with Gasteiger partial charge in [0, 0.05) is 0 Å². The van der Waals surface area contributed by atoms with Crippen LogP contribution in [0.15, 0.2) is 10.6 Å². The second-order valence-corrected chi connectivity index (χ2v) is 7.22. The molecule has 0 spiro atoms. The van der Waals surface area contributed by atoms with E-state index in [1.807, 2.05) is 0 Å². The molecule has 0 aromatic heterocycles. The van der Waals surface area contributed by atoms with E-state index in [-0.39, 0.29) is 9.74 Å². The summed E-state index contributed by atoms with van der Waals surface area (Å²) in [4.78, 5) is 14.0. The van der Waals surface area contributed by atoms with Gasteiger partial charge in [-0.2, -0.15) is 0 Å². The Hall–Kier alpha value is 0.370. The van der Waals surface area contributed by atoms with Crippen molar-refractivity contribution in [2.45, 2.75) is 50.3 Å². The van der Waals surface area contributed by atoms with Crippen molar-refractivity contribution in [2.24, 2.45) is 11.3 Å². The van der Waals surface area contributed by atoms with Crippen molar-refractivity contribution in [3.8, 4) is 0 Å². The van der Waals surface area contributed by atoms with Crippen LogP contribution < -0.4 is 0 Å². The molecule has 2 aliphatic rings. The number of carbonyl (C=O) groups is 1. The summed E-state index contributed by atoms with van der Waals surface area (Å²) in [5.41, 5.74) is 1.60. The lowest BCUT2D eigenvalue weighted by Crippen LogP contribution is -2.47. The monoisotopic (exact) mass is 348 g/mol. The molecule has 0 saturated heterocycles. The predicted molar refractivity (Wildman–Crippen MR) is 74.0 cm³/mol. The van der Waals surface area contributed by atoms with Gasteiger partial charge in [0.15, 0.2) is 0 Å². The van der Waals surface area contributed by atoms with E-state index < -0.39 is 0 Å². The first-order valence-corrected chi connectivity index (χ1v) is 7.65. The number of halogens is 2. The first-order valence-electron chi connectivity index (χ1n) is 5.95. The lowest BCUT2D eigenvalue weighted by Gasteiger charge is -2.45. The number of fused-ring (bicyclic) bond motifs is 1. The molecule has 0 aromatic carbocycles. The lowest BCUT2D eigenvalue weighted by molar-refractivity contribution is -0.122. The standard InChI is InChI=1S/C13H18Br2O/c1-9(16)13(15)7-5-11-10(8-14)4-3-6-12(11,13)2/h8,11H,3-7H2,1-2H3/b10-8-/t11-,12-,13+/m0/s1. The van der Waals surface area contributed by atoms with Crippen molar-refractivity contribution in [1.29, 1.82) is 0 Å². The summed E-state index contributed by atoms with van der Waals surface area (Å²) in [6.45, 7) is 4.02. The maximum Gasteiger partial charge on any atom is 0.147 e. The second kappa shape index (κ2) is 4.24. The number of ketones is 1. The molecule has 2 fully saturated rings. The molecule has 0 unspecified atom stereocenters. The van der Waals surface area contributed by atoms with Gasteiger partial charge in [-0.3, -0.25) is 4.79 Å². The summed E-state index contributed by atoms with van der Waals surface area (Å²) in [5.74, 6) is 0.872. The van der Waals surface area contributed by atoms with Gasteiger partial charge in [0.2, 0.25) is 0 Å². The molecule has 2 rings (SSSR count). The van der Waals surface area contributed by atoms with Crippen LogP contribution in [0.5, 0.6) is 0 Å². The zero-order valence-corrected chi connectivity index (χ0v) is 13.0. The Labute approximate surface area is 114 Å². The molecule has 0 heterocycles. The molecule has 90 valence electrons. The molecule has 1 nitrogen and oxygen atoms in total. The van der Waals surface area contributed by atoms with Crippen LogP contribution >= 0.6 is 31.9 Å². The highest BCUT2D eigenvalue weighted by molar-refractivity contribution is 9.11. The Morgan fingerprint density at radius 2 is 2.19 bits per heavy atom. The summed E-state index contributed by atoms with van der Waals surface area (Å²) in [6.07, 6.45) is 5.66. The highest BCUT2D eigenvalue weighted by Crippen LogP contribution is 2.63. The number of allylic oxidation sites excluding steroid dienone is 1. The quantitative estimate of drug-likeness (QED) is 0.633. The number of rotatable bonds is 1. The molecule has 0 aromatic rings. The minimum absolute atomic E-state index is 0.108. The van der Waals surface area contributed by atoms with Gasteiger partial charge in [-0.25, -0.2) is 0 Å². The molecule has 16 heavy (non-hydrogen) atoms. The summed E-state index contributed by atoms with van der Waals surface area (Å²) in [5, 5.41) is 0. The van der Waals surface area contributed by atoms with Crippen LogP contribution in [-0.4, -0.2) is 10.1 Å². The summed E-state index contributed by atoms with van der Waals surface area (Å²) in [7, 11) is 0. The highest BCUT2D eigenvalue weighted by Gasteiger charge is 2.59. The van der Waals surface area contributed by atoms with Crippen molar-refractivity contribution in [1.82, 2.24) is 0 Å². The van der Waals surface area contributed by atoms with Gasteiger partial charge in [-0.05, 0) is 55.3 Å². The predicted octanol–water partition coefficient (Wildman–Crippen LogP) is 4.59. The normalized spacial score (nSPS) is 45.8. The van der Waals surface area contributed by atoms with Gasteiger partial charge in [0.1, 0.15) is 5.78 Å². The SMILES string of the molecule is CC(=O)[C@]1(Br)CC[C@H]2/C(=C\Br)CCC[C@@]21C. The fourth-order valence-corrected chi connectivity index (χ4v) is 4.98. The van der Waals surface area contributed by atoms with Crippen molar-refractivity contribution in [3.63, 3.8) is 0 Å². The molecular weight excluding hydrogens is 332 g/mol. The van der Waals surface area contributed by atoms with E-state index in [0.717, 1.165) is 19.3 Å². The van der Waals surface area contributed by atoms with E-state index in [1.54, 1.807) is 6.92 Å². The van der Waals surface area contributed by atoms with Crippen LogP contribution in [-0.2, 0) is 4.79 Å². The number of hydrogen-bond donors (Lipinski definition) is 0. The van der Waals surface area contributed by atoms with Crippen molar-refractivity contribution in [2.75, 3.05) is 0 Å². The van der Waals surface area contributed by atoms with Crippen LogP contribution in [0.1, 0.15) is 46.0 Å². The van der Waals surface area contributed by atoms with E-state index in [2.05, 4.69) is 43.8 Å². The third-order valence-electron chi connectivity index (χ3n) is 4.76. The molecule has 0 N–H and O–H groups in total. The Morgan fingerprint density at radius 1 is 1.50 bits per heavy atom. The minimum Gasteiger partial charge on any atom is -0.298 e. The summed E-state index contributed by atoms with van der Waals surface area (Å²) < 4.78 is -0.285. The van der Waals surface area contributed by atoms with Gasteiger partial charge in [0.25, 0.3) is 0 Å². The molecular formula is C13H18Br2O. The van der Waals surface area contributed by atoms with Crippen molar-refractivity contribution >= 4 is 37.6 Å². The molecule has 2 aliphatic carbocycles. The maximum absolute atomic E-state index is 11.9. The van der Waals surface area contributed by atoms with Crippen molar-refractivity contribution in [3.05, 3.63) is 10.6 Å². The minimum atomic E-state index is -0.285. The number of Topliss-reactive ketones (excluding diaryl/α,β-unsaturated/α-hetero) is 1. The Bertz CT molecular complexity index is 350. The highest BCUT2D eigenvalue weighted by atomic mass is 79.9. The summed E-state index contributed by atoms with van der Waals surface area (Å²) in [6, 6.07) is 0. The topological polar surface area (TPSA) is 17.1 Å². The maximum atomic E-state index is 11.9. The van der Waals surface area contributed by atoms with Crippen LogP contribution in [0.2, 0.25) is 0 Å². The first-order chi connectivity index (χ1) is 7.45. The van der Waals surface area contributed by atoms with Crippen LogP contribution in [0.4, 0.5) is 0 Å². The molecule has 3 atom stereocenters. The van der Waals surface area contributed by atoms with Crippen molar-refractivity contribution < 1.29 is 4.79 Å². The molecule has 0 aliphatic heterocycles. The molecule has 3 heteroatoms. The van der Waals surface area contributed by atoms with E-state index in [9.17, 15) is 4.79 Å².